The number of likely N-dealkylation sites (tertiary alicyclic amines) is 1. The number of hydrogen-bond acceptors (Lipinski definition) is 4. The van der Waals surface area contributed by atoms with Gasteiger partial charge in [-0.15, -0.1) is 11.3 Å². The molecule has 0 aromatic carbocycles. The fourth-order valence-corrected chi connectivity index (χ4v) is 3.71. The normalized spacial score (nSPS) is 20.2. The van der Waals surface area contributed by atoms with Gasteiger partial charge in [0.1, 0.15) is 5.01 Å². The Morgan fingerprint density at radius 3 is 2.86 bits per heavy atom. The van der Waals surface area contributed by atoms with E-state index in [0.717, 1.165) is 42.2 Å². The van der Waals surface area contributed by atoms with Gasteiger partial charge in [0.2, 0.25) is 0 Å². The number of rotatable bonds is 5. The zero-order valence-electron chi connectivity index (χ0n) is 14.3. The third-order valence-electron chi connectivity index (χ3n) is 4.31. The van der Waals surface area contributed by atoms with Gasteiger partial charge in [-0.3, -0.25) is 4.99 Å². The van der Waals surface area contributed by atoms with E-state index in [1.807, 2.05) is 7.05 Å². The first-order chi connectivity index (χ1) is 10.6. The molecule has 0 spiro atoms. The van der Waals surface area contributed by atoms with E-state index in [4.69, 9.17) is 0 Å². The number of guanidine groups is 1. The maximum Gasteiger partial charge on any atom is 0.191 e. The van der Waals surface area contributed by atoms with E-state index in [2.05, 4.69) is 46.3 Å². The largest absolute Gasteiger partial charge is 0.356 e. The summed E-state index contributed by atoms with van der Waals surface area (Å²) < 4.78 is 0. The van der Waals surface area contributed by atoms with Gasteiger partial charge in [0, 0.05) is 25.0 Å². The summed E-state index contributed by atoms with van der Waals surface area (Å²) in [4.78, 5) is 12.7. The molecule has 0 amide bonds. The van der Waals surface area contributed by atoms with Crippen molar-refractivity contribution in [1.82, 2.24) is 20.5 Å². The molecule has 0 aliphatic carbocycles. The molecular formula is C16H29N5S. The summed E-state index contributed by atoms with van der Waals surface area (Å²) in [5.41, 5.74) is 1.13. The minimum absolute atomic E-state index is 0.719. The van der Waals surface area contributed by atoms with E-state index in [1.54, 1.807) is 11.3 Å². The van der Waals surface area contributed by atoms with Crippen LogP contribution in [-0.4, -0.2) is 49.1 Å². The molecule has 124 valence electrons. The molecule has 1 fully saturated rings. The van der Waals surface area contributed by atoms with Gasteiger partial charge in [-0.25, -0.2) is 4.98 Å². The van der Waals surface area contributed by atoms with E-state index < -0.39 is 0 Å². The molecule has 1 aromatic heterocycles. The number of aliphatic imine (C=N–C) groups is 1. The van der Waals surface area contributed by atoms with Crippen LogP contribution in [0.3, 0.4) is 0 Å². The van der Waals surface area contributed by atoms with Crippen molar-refractivity contribution in [2.24, 2.45) is 10.9 Å². The third kappa shape index (κ3) is 4.95. The zero-order chi connectivity index (χ0) is 15.9. The molecule has 1 aromatic rings. The van der Waals surface area contributed by atoms with E-state index in [1.165, 1.54) is 30.8 Å². The maximum absolute atomic E-state index is 4.55. The molecule has 1 aliphatic heterocycles. The topological polar surface area (TPSA) is 52.5 Å². The maximum atomic E-state index is 4.55. The number of piperidine rings is 1. The van der Waals surface area contributed by atoms with Gasteiger partial charge in [0.25, 0.3) is 0 Å². The second kappa shape index (κ2) is 8.48. The second-order valence-corrected chi connectivity index (χ2v) is 7.25. The number of aromatic nitrogens is 1. The van der Waals surface area contributed by atoms with Crippen molar-refractivity contribution in [3.05, 3.63) is 15.6 Å². The van der Waals surface area contributed by atoms with Crippen LogP contribution in [-0.2, 0) is 6.54 Å². The minimum atomic E-state index is 0.719. The molecule has 5 nitrogen and oxygen atoms in total. The Morgan fingerprint density at radius 1 is 1.41 bits per heavy atom. The van der Waals surface area contributed by atoms with Crippen LogP contribution in [0.15, 0.2) is 4.99 Å². The van der Waals surface area contributed by atoms with Crippen LogP contribution in [0.4, 0.5) is 0 Å². The van der Waals surface area contributed by atoms with Gasteiger partial charge in [0.05, 0.1) is 12.2 Å². The smallest absolute Gasteiger partial charge is 0.191 e. The number of nitrogens with zero attached hydrogens (tertiary/aromatic N) is 3. The highest BCUT2D eigenvalue weighted by atomic mass is 32.1. The van der Waals surface area contributed by atoms with Gasteiger partial charge in [-0.05, 0) is 45.7 Å². The lowest BCUT2D eigenvalue weighted by Gasteiger charge is -2.32. The summed E-state index contributed by atoms with van der Waals surface area (Å²) in [5.74, 6) is 1.59. The van der Waals surface area contributed by atoms with E-state index >= 15 is 0 Å². The van der Waals surface area contributed by atoms with Gasteiger partial charge >= 0.3 is 0 Å². The third-order valence-corrected chi connectivity index (χ3v) is 5.38. The SMILES string of the molecule is CCN1CCCC(CNC(=NC)NCc2nc(C)c(C)s2)C1. The lowest BCUT2D eigenvalue weighted by molar-refractivity contribution is 0.183. The lowest BCUT2D eigenvalue weighted by Crippen LogP contribution is -2.44. The average Bonchev–Trinajstić information content (AvgIpc) is 2.86. The molecule has 0 bridgehead atoms. The first-order valence-electron chi connectivity index (χ1n) is 8.22. The standard InChI is InChI=1S/C16H29N5S/c1-5-21-8-6-7-14(11-21)9-18-16(17-4)19-10-15-20-12(2)13(3)22-15/h14H,5-11H2,1-4H3,(H2,17,18,19). The Bertz CT molecular complexity index is 477. The molecule has 0 saturated carbocycles. The van der Waals surface area contributed by atoms with Gasteiger partial charge < -0.3 is 15.5 Å². The summed E-state index contributed by atoms with van der Waals surface area (Å²) in [6.45, 7) is 11.8. The summed E-state index contributed by atoms with van der Waals surface area (Å²) >= 11 is 1.75. The number of aryl methyl sites for hydroxylation is 2. The first kappa shape index (κ1) is 17.2. The molecule has 1 unspecified atom stereocenters. The average molecular weight is 324 g/mol. The van der Waals surface area contributed by atoms with E-state index in [9.17, 15) is 0 Å². The fraction of sp³-hybridized carbons (Fsp3) is 0.750. The Labute approximate surface area is 138 Å². The summed E-state index contributed by atoms with van der Waals surface area (Å²) in [5, 5.41) is 7.95. The Kier molecular flexibility index (Phi) is 6.64. The quantitative estimate of drug-likeness (QED) is 0.644. The Balaban J connectivity index is 1.75. The van der Waals surface area contributed by atoms with Crippen molar-refractivity contribution in [3.8, 4) is 0 Å². The molecule has 1 aliphatic rings. The van der Waals surface area contributed by atoms with Crippen LogP contribution in [0.2, 0.25) is 0 Å². The highest BCUT2D eigenvalue weighted by Gasteiger charge is 2.18. The molecule has 1 saturated heterocycles. The highest BCUT2D eigenvalue weighted by Crippen LogP contribution is 2.16. The Hall–Kier alpha value is -1.14. The molecule has 1 atom stereocenters. The van der Waals surface area contributed by atoms with Crippen LogP contribution in [0.5, 0.6) is 0 Å². The van der Waals surface area contributed by atoms with E-state index in [0.29, 0.717) is 0 Å². The van der Waals surface area contributed by atoms with Crippen molar-refractivity contribution >= 4 is 17.3 Å². The lowest BCUT2D eigenvalue weighted by atomic mass is 9.98. The van der Waals surface area contributed by atoms with Crippen LogP contribution in [0, 0.1) is 19.8 Å². The van der Waals surface area contributed by atoms with Crippen LogP contribution < -0.4 is 10.6 Å². The number of hydrogen-bond donors (Lipinski definition) is 2. The molecule has 22 heavy (non-hydrogen) atoms. The summed E-state index contributed by atoms with van der Waals surface area (Å²) in [6.07, 6.45) is 2.62. The van der Waals surface area contributed by atoms with Gasteiger partial charge in [-0.2, -0.15) is 0 Å². The summed E-state index contributed by atoms with van der Waals surface area (Å²) in [6, 6.07) is 0. The van der Waals surface area contributed by atoms with Crippen molar-refractivity contribution in [2.45, 2.75) is 40.2 Å². The predicted octanol–water partition coefficient (Wildman–Crippen LogP) is 2.16. The predicted molar refractivity (Wildman–Crippen MR) is 94.6 cm³/mol. The fourth-order valence-electron chi connectivity index (χ4n) is 2.84. The minimum Gasteiger partial charge on any atom is -0.356 e. The molecule has 2 heterocycles. The number of thiazole rings is 1. The van der Waals surface area contributed by atoms with Gasteiger partial charge in [-0.1, -0.05) is 6.92 Å². The van der Waals surface area contributed by atoms with Crippen molar-refractivity contribution in [2.75, 3.05) is 33.2 Å². The molecule has 6 heteroatoms. The van der Waals surface area contributed by atoms with Crippen LogP contribution >= 0.6 is 11.3 Å². The summed E-state index contributed by atoms with van der Waals surface area (Å²) in [7, 11) is 1.83. The van der Waals surface area contributed by atoms with Crippen molar-refractivity contribution < 1.29 is 0 Å². The van der Waals surface area contributed by atoms with E-state index in [-0.39, 0.29) is 0 Å². The van der Waals surface area contributed by atoms with Crippen LogP contribution in [0.25, 0.3) is 0 Å². The molecule has 0 radical (unpaired) electrons. The molecular weight excluding hydrogens is 294 g/mol. The molecule has 2 N–H and O–H groups in total. The van der Waals surface area contributed by atoms with Crippen LogP contribution in [0.1, 0.15) is 35.3 Å². The van der Waals surface area contributed by atoms with Gasteiger partial charge in [0.15, 0.2) is 5.96 Å². The molecule has 2 rings (SSSR count). The van der Waals surface area contributed by atoms with Crippen molar-refractivity contribution in [1.29, 1.82) is 0 Å². The Morgan fingerprint density at radius 2 is 2.23 bits per heavy atom. The second-order valence-electron chi connectivity index (χ2n) is 5.96. The number of nitrogens with one attached hydrogen (secondary N) is 2. The highest BCUT2D eigenvalue weighted by molar-refractivity contribution is 7.11. The first-order valence-corrected chi connectivity index (χ1v) is 9.03. The monoisotopic (exact) mass is 323 g/mol. The van der Waals surface area contributed by atoms with Crippen molar-refractivity contribution in [3.63, 3.8) is 0 Å². The zero-order valence-corrected chi connectivity index (χ0v) is 15.1.